The average Bonchev–Trinajstić information content (AvgIpc) is 2.54. The van der Waals surface area contributed by atoms with E-state index in [0.717, 1.165) is 25.7 Å². The van der Waals surface area contributed by atoms with Crippen molar-refractivity contribution >= 4 is 16.8 Å². The topological polar surface area (TPSA) is 54.4 Å². The zero-order valence-electron chi connectivity index (χ0n) is 8.08. The van der Waals surface area contributed by atoms with E-state index in [-0.39, 0.29) is 5.25 Å². The molecule has 13 heavy (non-hydrogen) atoms. The SMILES string of the molecule is CC(C)(C(=O)O)S(=O)C1CCCC1. The van der Waals surface area contributed by atoms with Gasteiger partial charge in [-0.05, 0) is 26.7 Å². The monoisotopic (exact) mass is 204 g/mol. The number of carboxylic acids is 1. The number of rotatable bonds is 3. The van der Waals surface area contributed by atoms with Gasteiger partial charge < -0.3 is 5.11 Å². The molecule has 3 nitrogen and oxygen atoms in total. The summed E-state index contributed by atoms with van der Waals surface area (Å²) in [6.07, 6.45) is 4.02. The van der Waals surface area contributed by atoms with Crippen LogP contribution in [0.25, 0.3) is 0 Å². The summed E-state index contributed by atoms with van der Waals surface area (Å²) in [4.78, 5) is 10.8. The van der Waals surface area contributed by atoms with E-state index in [9.17, 15) is 9.00 Å². The summed E-state index contributed by atoms with van der Waals surface area (Å²) < 4.78 is 10.8. The molecule has 1 aliphatic carbocycles. The Hall–Kier alpha value is -0.380. The first kappa shape index (κ1) is 10.7. The van der Waals surface area contributed by atoms with Gasteiger partial charge in [0.05, 0.1) is 0 Å². The molecule has 76 valence electrons. The molecule has 1 N–H and O–H groups in total. The number of carboxylic acid groups (broad SMARTS) is 1. The van der Waals surface area contributed by atoms with Crippen LogP contribution in [-0.2, 0) is 15.6 Å². The highest BCUT2D eigenvalue weighted by Crippen LogP contribution is 2.29. The van der Waals surface area contributed by atoms with E-state index in [0.29, 0.717) is 0 Å². The van der Waals surface area contributed by atoms with Gasteiger partial charge in [-0.2, -0.15) is 0 Å². The van der Waals surface area contributed by atoms with E-state index in [1.165, 1.54) is 0 Å². The fraction of sp³-hybridized carbons (Fsp3) is 0.889. The average molecular weight is 204 g/mol. The molecule has 0 heterocycles. The fourth-order valence-electron chi connectivity index (χ4n) is 1.61. The van der Waals surface area contributed by atoms with Gasteiger partial charge in [-0.3, -0.25) is 9.00 Å². The minimum Gasteiger partial charge on any atom is -0.480 e. The van der Waals surface area contributed by atoms with Crippen molar-refractivity contribution in [2.24, 2.45) is 0 Å². The summed E-state index contributed by atoms with van der Waals surface area (Å²) in [5.41, 5.74) is 0. The van der Waals surface area contributed by atoms with Crippen molar-refractivity contribution in [1.29, 1.82) is 0 Å². The van der Waals surface area contributed by atoms with Crippen LogP contribution in [0.15, 0.2) is 0 Å². The van der Waals surface area contributed by atoms with Gasteiger partial charge in [0.15, 0.2) is 0 Å². The summed E-state index contributed by atoms with van der Waals surface area (Å²) in [6, 6.07) is 0. The van der Waals surface area contributed by atoms with Crippen molar-refractivity contribution in [1.82, 2.24) is 0 Å². The summed E-state index contributed by atoms with van der Waals surface area (Å²) in [5, 5.41) is 8.98. The van der Waals surface area contributed by atoms with Gasteiger partial charge in [0, 0.05) is 16.0 Å². The van der Waals surface area contributed by atoms with Gasteiger partial charge in [-0.1, -0.05) is 12.8 Å². The van der Waals surface area contributed by atoms with Crippen LogP contribution in [0.1, 0.15) is 39.5 Å². The third kappa shape index (κ3) is 2.10. The van der Waals surface area contributed by atoms with Crippen LogP contribution in [0.4, 0.5) is 0 Å². The van der Waals surface area contributed by atoms with Gasteiger partial charge >= 0.3 is 5.97 Å². The van der Waals surface area contributed by atoms with E-state index in [2.05, 4.69) is 0 Å². The Kier molecular flexibility index (Phi) is 3.11. The van der Waals surface area contributed by atoms with Crippen LogP contribution >= 0.6 is 0 Å². The van der Waals surface area contributed by atoms with Crippen molar-refractivity contribution in [3.8, 4) is 0 Å². The molecular formula is C9H16O3S. The maximum Gasteiger partial charge on any atom is 0.321 e. The molecule has 1 atom stereocenters. The zero-order valence-corrected chi connectivity index (χ0v) is 8.89. The molecule has 0 aromatic heterocycles. The molecule has 0 amide bonds. The minimum atomic E-state index is -1.24. The minimum absolute atomic E-state index is 0.103. The van der Waals surface area contributed by atoms with Crippen molar-refractivity contribution in [3.05, 3.63) is 0 Å². The third-order valence-corrected chi connectivity index (χ3v) is 4.88. The number of hydrogen-bond donors (Lipinski definition) is 1. The quantitative estimate of drug-likeness (QED) is 0.758. The van der Waals surface area contributed by atoms with Gasteiger partial charge in [-0.15, -0.1) is 0 Å². The second-order valence-corrected chi connectivity index (χ2v) is 6.30. The van der Waals surface area contributed by atoms with Crippen LogP contribution in [0, 0.1) is 0 Å². The molecule has 0 aromatic carbocycles. The first-order valence-electron chi connectivity index (χ1n) is 4.60. The zero-order chi connectivity index (χ0) is 10.1. The molecule has 0 spiro atoms. The predicted octanol–water partition coefficient (Wildman–Crippen LogP) is 1.54. The lowest BCUT2D eigenvalue weighted by Crippen LogP contribution is -2.40. The van der Waals surface area contributed by atoms with E-state index < -0.39 is 21.5 Å². The summed E-state index contributed by atoms with van der Waals surface area (Å²) in [5.74, 6) is -0.960. The normalized spacial score (nSPS) is 21.7. The van der Waals surface area contributed by atoms with E-state index in [1.54, 1.807) is 13.8 Å². The lowest BCUT2D eigenvalue weighted by atomic mass is 10.2. The lowest BCUT2D eigenvalue weighted by molar-refractivity contribution is -0.139. The Morgan fingerprint density at radius 2 is 1.85 bits per heavy atom. The highest BCUT2D eigenvalue weighted by atomic mass is 32.2. The van der Waals surface area contributed by atoms with Crippen LogP contribution in [0.5, 0.6) is 0 Å². The van der Waals surface area contributed by atoms with E-state index in [4.69, 9.17) is 5.11 Å². The maximum absolute atomic E-state index is 11.8. The Balaban J connectivity index is 2.70. The molecular weight excluding hydrogens is 188 g/mol. The Bertz CT molecular complexity index is 229. The second kappa shape index (κ2) is 3.78. The molecule has 0 aliphatic heterocycles. The van der Waals surface area contributed by atoms with Crippen molar-refractivity contribution in [2.75, 3.05) is 0 Å². The Labute approximate surface area is 81.0 Å². The van der Waals surface area contributed by atoms with Crippen molar-refractivity contribution < 1.29 is 14.1 Å². The Morgan fingerprint density at radius 3 is 2.23 bits per heavy atom. The number of hydrogen-bond acceptors (Lipinski definition) is 2. The fourth-order valence-corrected chi connectivity index (χ4v) is 3.37. The van der Waals surface area contributed by atoms with Crippen LogP contribution in [-0.4, -0.2) is 25.3 Å². The Morgan fingerprint density at radius 1 is 1.38 bits per heavy atom. The molecule has 0 aromatic rings. The molecule has 0 saturated heterocycles. The molecule has 1 aliphatic rings. The van der Waals surface area contributed by atoms with Crippen LogP contribution in [0.3, 0.4) is 0 Å². The molecule has 1 rings (SSSR count). The highest BCUT2D eigenvalue weighted by Gasteiger charge is 2.39. The standard InChI is InChI=1S/C9H16O3S/c1-9(2,8(10)11)13(12)7-5-3-4-6-7/h7H,3-6H2,1-2H3,(H,10,11). The largest absolute Gasteiger partial charge is 0.480 e. The van der Waals surface area contributed by atoms with Crippen LogP contribution < -0.4 is 0 Å². The number of carbonyl (C=O) groups is 1. The summed E-state index contributed by atoms with van der Waals surface area (Å²) in [7, 11) is -1.24. The van der Waals surface area contributed by atoms with Gasteiger partial charge in [0.25, 0.3) is 0 Å². The third-order valence-electron chi connectivity index (χ3n) is 2.62. The van der Waals surface area contributed by atoms with Crippen LogP contribution in [0.2, 0.25) is 0 Å². The first-order chi connectivity index (χ1) is 5.96. The van der Waals surface area contributed by atoms with E-state index >= 15 is 0 Å². The smallest absolute Gasteiger partial charge is 0.321 e. The molecule has 4 heteroatoms. The van der Waals surface area contributed by atoms with E-state index in [1.807, 2.05) is 0 Å². The highest BCUT2D eigenvalue weighted by molar-refractivity contribution is 7.87. The molecule has 1 fully saturated rings. The first-order valence-corrected chi connectivity index (χ1v) is 5.81. The molecule has 0 radical (unpaired) electrons. The molecule has 1 saturated carbocycles. The van der Waals surface area contributed by atoms with Gasteiger partial charge in [0.2, 0.25) is 0 Å². The maximum atomic E-state index is 11.8. The van der Waals surface area contributed by atoms with Crippen molar-refractivity contribution in [2.45, 2.75) is 49.5 Å². The summed E-state index contributed by atoms with van der Waals surface area (Å²) >= 11 is 0. The number of aliphatic carboxylic acids is 1. The van der Waals surface area contributed by atoms with Gasteiger partial charge in [0.1, 0.15) is 4.75 Å². The van der Waals surface area contributed by atoms with Crippen molar-refractivity contribution in [3.63, 3.8) is 0 Å². The molecule has 1 unspecified atom stereocenters. The predicted molar refractivity (Wildman–Crippen MR) is 52.1 cm³/mol. The van der Waals surface area contributed by atoms with Gasteiger partial charge in [-0.25, -0.2) is 0 Å². The summed E-state index contributed by atoms with van der Waals surface area (Å²) in [6.45, 7) is 3.09. The lowest BCUT2D eigenvalue weighted by Gasteiger charge is -2.22. The molecule has 0 bridgehead atoms. The second-order valence-electron chi connectivity index (χ2n) is 4.02.